The molecule has 0 amide bonds. The Bertz CT molecular complexity index is 383. The Morgan fingerprint density at radius 3 is 3.00 bits per heavy atom. The van der Waals surface area contributed by atoms with Gasteiger partial charge in [0, 0.05) is 18.4 Å². The van der Waals surface area contributed by atoms with Crippen LogP contribution in [-0.4, -0.2) is 23.4 Å². The maximum absolute atomic E-state index is 13.3. The fraction of sp³-hybridized carbons (Fsp3) is 0.500. The molecule has 3 nitrogen and oxygen atoms in total. The zero-order valence-corrected chi connectivity index (χ0v) is 9.40. The van der Waals surface area contributed by atoms with Gasteiger partial charge in [0.2, 0.25) is 0 Å². The molecule has 6 heteroatoms. The Morgan fingerprint density at radius 2 is 2.31 bits per heavy atom. The average molecular weight is 246 g/mol. The van der Waals surface area contributed by atoms with Gasteiger partial charge in [0.1, 0.15) is 5.03 Å². The summed E-state index contributed by atoms with van der Waals surface area (Å²) in [4.78, 5) is 3.67. The smallest absolute Gasteiger partial charge is 0.168 e. The second-order valence-electron chi connectivity index (χ2n) is 3.59. The number of aromatic nitrogens is 1. The van der Waals surface area contributed by atoms with Crippen molar-refractivity contribution < 1.29 is 13.5 Å². The van der Waals surface area contributed by atoms with Gasteiger partial charge < -0.3 is 10.5 Å². The van der Waals surface area contributed by atoms with E-state index in [1.165, 1.54) is 11.8 Å². The summed E-state index contributed by atoms with van der Waals surface area (Å²) in [5.74, 6) is -1.14. The van der Waals surface area contributed by atoms with Crippen molar-refractivity contribution in [1.82, 2.24) is 4.98 Å². The molecule has 1 atom stereocenters. The second-order valence-corrected chi connectivity index (χ2v) is 4.60. The molecule has 2 rings (SSSR count). The first kappa shape index (κ1) is 11.6. The highest BCUT2D eigenvalue weighted by atomic mass is 32.2. The van der Waals surface area contributed by atoms with Gasteiger partial charge in [-0.2, -0.15) is 0 Å². The average Bonchev–Trinajstić information content (AvgIpc) is 2.74. The van der Waals surface area contributed by atoms with Crippen LogP contribution in [0.4, 0.5) is 14.6 Å². The maximum atomic E-state index is 13.3. The standard InChI is InChI=1S/C10H12F2N2OS/c11-7-4-8(12)10(14-9(7)13)16-5-6-2-1-3-15-6/h4,6H,1-3,5H2,(H2,13,14). The molecule has 1 unspecified atom stereocenters. The van der Waals surface area contributed by atoms with Crippen molar-refractivity contribution in [3.63, 3.8) is 0 Å². The van der Waals surface area contributed by atoms with Crippen molar-refractivity contribution in [3.8, 4) is 0 Å². The molecule has 16 heavy (non-hydrogen) atoms. The normalized spacial score (nSPS) is 20.2. The van der Waals surface area contributed by atoms with Gasteiger partial charge in [0.25, 0.3) is 0 Å². The first-order chi connectivity index (χ1) is 7.66. The van der Waals surface area contributed by atoms with E-state index in [1.54, 1.807) is 0 Å². The van der Waals surface area contributed by atoms with E-state index in [4.69, 9.17) is 10.5 Å². The Morgan fingerprint density at radius 1 is 1.50 bits per heavy atom. The number of nitrogen functional groups attached to an aromatic ring is 1. The molecule has 0 radical (unpaired) electrons. The van der Waals surface area contributed by atoms with Gasteiger partial charge >= 0.3 is 0 Å². The van der Waals surface area contributed by atoms with Gasteiger partial charge in [0.05, 0.1) is 6.10 Å². The molecule has 2 N–H and O–H groups in total. The summed E-state index contributed by atoms with van der Waals surface area (Å²) in [6, 6.07) is 0.764. The first-order valence-electron chi connectivity index (χ1n) is 5.02. The molecule has 1 aromatic heterocycles. The number of pyridine rings is 1. The van der Waals surface area contributed by atoms with Crippen LogP contribution in [0, 0.1) is 11.6 Å². The van der Waals surface area contributed by atoms with E-state index in [1.807, 2.05) is 0 Å². The number of halogens is 2. The number of hydrogen-bond acceptors (Lipinski definition) is 4. The van der Waals surface area contributed by atoms with Crippen LogP contribution in [0.25, 0.3) is 0 Å². The lowest BCUT2D eigenvalue weighted by Crippen LogP contribution is -2.09. The number of nitrogens with zero attached hydrogens (tertiary/aromatic N) is 1. The SMILES string of the molecule is Nc1nc(SCC2CCCO2)c(F)cc1F. The van der Waals surface area contributed by atoms with E-state index in [0.717, 1.165) is 25.5 Å². The molecule has 0 aromatic carbocycles. The lowest BCUT2D eigenvalue weighted by atomic mass is 10.3. The predicted molar refractivity (Wildman–Crippen MR) is 58.3 cm³/mol. The molecule has 0 bridgehead atoms. The molecule has 1 aliphatic rings. The van der Waals surface area contributed by atoms with E-state index in [2.05, 4.69) is 4.98 Å². The van der Waals surface area contributed by atoms with Crippen molar-refractivity contribution in [2.45, 2.75) is 24.0 Å². The minimum Gasteiger partial charge on any atom is -0.381 e. The van der Waals surface area contributed by atoms with Crippen LogP contribution in [-0.2, 0) is 4.74 Å². The highest BCUT2D eigenvalue weighted by Crippen LogP contribution is 2.26. The van der Waals surface area contributed by atoms with Crippen LogP contribution in [0.3, 0.4) is 0 Å². The zero-order chi connectivity index (χ0) is 11.5. The van der Waals surface area contributed by atoms with Gasteiger partial charge in [-0.15, -0.1) is 11.8 Å². The Hall–Kier alpha value is -0.880. The monoisotopic (exact) mass is 246 g/mol. The van der Waals surface area contributed by atoms with Gasteiger partial charge in [-0.25, -0.2) is 13.8 Å². The lowest BCUT2D eigenvalue weighted by Gasteiger charge is -2.09. The number of hydrogen-bond donors (Lipinski definition) is 1. The van der Waals surface area contributed by atoms with E-state index in [9.17, 15) is 8.78 Å². The highest BCUT2D eigenvalue weighted by molar-refractivity contribution is 7.99. The summed E-state index contributed by atoms with van der Waals surface area (Å²) in [5, 5.41) is 0.134. The van der Waals surface area contributed by atoms with Gasteiger partial charge in [0.15, 0.2) is 17.5 Å². The molecule has 88 valence electrons. The summed E-state index contributed by atoms with van der Waals surface area (Å²) in [7, 11) is 0. The fourth-order valence-electron chi connectivity index (χ4n) is 1.51. The van der Waals surface area contributed by atoms with Gasteiger partial charge in [-0.05, 0) is 12.8 Å². The van der Waals surface area contributed by atoms with Crippen molar-refractivity contribution in [2.24, 2.45) is 0 Å². The topological polar surface area (TPSA) is 48.1 Å². The molecule has 1 aromatic rings. The van der Waals surface area contributed by atoms with Gasteiger partial charge in [-0.1, -0.05) is 0 Å². The quantitative estimate of drug-likeness (QED) is 0.831. The van der Waals surface area contributed by atoms with Crippen LogP contribution in [0.1, 0.15) is 12.8 Å². The maximum Gasteiger partial charge on any atom is 0.168 e. The van der Waals surface area contributed by atoms with E-state index >= 15 is 0 Å². The van der Waals surface area contributed by atoms with E-state index < -0.39 is 11.6 Å². The Kier molecular flexibility index (Phi) is 3.60. The number of thioether (sulfide) groups is 1. The third kappa shape index (κ3) is 2.62. The largest absolute Gasteiger partial charge is 0.381 e. The molecular weight excluding hydrogens is 234 g/mol. The summed E-state index contributed by atoms with van der Waals surface area (Å²) in [5.41, 5.74) is 5.28. The Labute approximate surface area is 96.4 Å². The molecule has 0 saturated carbocycles. The van der Waals surface area contributed by atoms with E-state index in [-0.39, 0.29) is 16.9 Å². The molecule has 2 heterocycles. The van der Waals surface area contributed by atoms with Crippen molar-refractivity contribution in [3.05, 3.63) is 17.7 Å². The Balaban J connectivity index is 2.00. The van der Waals surface area contributed by atoms with Crippen LogP contribution in [0.15, 0.2) is 11.1 Å². The molecule has 1 aliphatic heterocycles. The van der Waals surface area contributed by atoms with E-state index in [0.29, 0.717) is 5.75 Å². The third-order valence-corrected chi connectivity index (χ3v) is 3.45. The fourth-order valence-corrected chi connectivity index (χ4v) is 2.48. The minimum atomic E-state index is -0.820. The number of ether oxygens (including phenoxy) is 1. The van der Waals surface area contributed by atoms with Crippen LogP contribution < -0.4 is 5.73 Å². The van der Waals surface area contributed by atoms with Crippen LogP contribution in [0.2, 0.25) is 0 Å². The number of nitrogens with two attached hydrogens (primary N) is 1. The third-order valence-electron chi connectivity index (χ3n) is 2.35. The summed E-state index contributed by atoms with van der Waals surface area (Å²) in [6.45, 7) is 0.757. The highest BCUT2D eigenvalue weighted by Gasteiger charge is 2.17. The van der Waals surface area contributed by atoms with Crippen molar-refractivity contribution >= 4 is 17.6 Å². The minimum absolute atomic E-state index is 0.134. The molecule has 1 fully saturated rings. The van der Waals surface area contributed by atoms with Crippen LogP contribution >= 0.6 is 11.8 Å². The van der Waals surface area contributed by atoms with Crippen molar-refractivity contribution in [1.29, 1.82) is 0 Å². The summed E-state index contributed by atoms with van der Waals surface area (Å²) >= 11 is 1.21. The predicted octanol–water partition coefficient (Wildman–Crippen LogP) is 2.21. The zero-order valence-electron chi connectivity index (χ0n) is 8.58. The molecule has 0 spiro atoms. The first-order valence-corrected chi connectivity index (χ1v) is 6.01. The number of rotatable bonds is 3. The van der Waals surface area contributed by atoms with Crippen LogP contribution in [0.5, 0.6) is 0 Å². The second kappa shape index (κ2) is 4.97. The number of anilines is 1. The van der Waals surface area contributed by atoms with Crippen molar-refractivity contribution in [2.75, 3.05) is 18.1 Å². The lowest BCUT2D eigenvalue weighted by molar-refractivity contribution is 0.129. The molecular formula is C10H12F2N2OS. The summed E-state index contributed by atoms with van der Waals surface area (Å²) in [6.07, 6.45) is 2.15. The van der Waals surface area contributed by atoms with Gasteiger partial charge in [-0.3, -0.25) is 0 Å². The summed E-state index contributed by atoms with van der Waals surface area (Å²) < 4.78 is 31.5. The molecule has 1 saturated heterocycles. The molecule has 0 aliphatic carbocycles.